The Balaban J connectivity index is 2.79. The van der Waals surface area contributed by atoms with Crippen LogP contribution in [-0.4, -0.2) is 29.2 Å². The molecule has 0 aliphatic carbocycles. The Morgan fingerprint density at radius 2 is 2.38 bits per heavy atom. The zero-order valence-electron chi connectivity index (χ0n) is 8.54. The highest BCUT2D eigenvalue weighted by atomic mass is 16.5. The first kappa shape index (κ1) is 10.3. The second-order valence-electron chi connectivity index (χ2n) is 3.99. The molecule has 0 spiro atoms. The van der Waals surface area contributed by atoms with Gasteiger partial charge >= 0.3 is 0 Å². The predicted molar refractivity (Wildman–Crippen MR) is 51.2 cm³/mol. The fourth-order valence-corrected chi connectivity index (χ4v) is 1.78. The Bertz CT molecular complexity index is 223. The summed E-state index contributed by atoms with van der Waals surface area (Å²) in [4.78, 5) is 13.1. The van der Waals surface area contributed by atoms with E-state index in [0.29, 0.717) is 13.0 Å². The first-order valence-electron chi connectivity index (χ1n) is 4.51. The van der Waals surface area contributed by atoms with Gasteiger partial charge in [0.05, 0.1) is 12.1 Å². The number of hydrogen-bond donors (Lipinski definition) is 0. The topological polar surface area (TPSA) is 29.5 Å². The van der Waals surface area contributed by atoms with Crippen LogP contribution in [0.15, 0.2) is 12.7 Å². The molecule has 74 valence electrons. The van der Waals surface area contributed by atoms with Crippen LogP contribution in [0.5, 0.6) is 0 Å². The van der Waals surface area contributed by atoms with E-state index in [-0.39, 0.29) is 17.7 Å². The van der Waals surface area contributed by atoms with Gasteiger partial charge in [0.1, 0.15) is 6.23 Å². The van der Waals surface area contributed by atoms with Gasteiger partial charge in [0, 0.05) is 13.3 Å². The van der Waals surface area contributed by atoms with Crippen molar-refractivity contribution in [3.05, 3.63) is 12.7 Å². The van der Waals surface area contributed by atoms with Crippen molar-refractivity contribution >= 4 is 5.91 Å². The minimum atomic E-state index is -0.181. The average Bonchev–Trinajstić information content (AvgIpc) is 2.26. The van der Waals surface area contributed by atoms with Crippen molar-refractivity contribution in [1.29, 1.82) is 0 Å². The van der Waals surface area contributed by atoms with Crippen LogP contribution in [-0.2, 0) is 9.53 Å². The van der Waals surface area contributed by atoms with E-state index in [4.69, 9.17) is 4.74 Å². The SMILES string of the molecule is C=CCC1OCC(C)(C)N1C(C)=O. The second-order valence-corrected chi connectivity index (χ2v) is 3.99. The highest BCUT2D eigenvalue weighted by Crippen LogP contribution is 2.28. The monoisotopic (exact) mass is 183 g/mol. The molecule has 3 nitrogen and oxygen atoms in total. The summed E-state index contributed by atoms with van der Waals surface area (Å²) in [5, 5.41) is 0. The summed E-state index contributed by atoms with van der Waals surface area (Å²) in [6.45, 7) is 9.85. The van der Waals surface area contributed by atoms with E-state index < -0.39 is 0 Å². The van der Waals surface area contributed by atoms with Crippen molar-refractivity contribution in [2.75, 3.05) is 6.61 Å². The zero-order valence-corrected chi connectivity index (χ0v) is 8.54. The molecular weight excluding hydrogens is 166 g/mol. The van der Waals surface area contributed by atoms with Crippen LogP contribution in [0.25, 0.3) is 0 Å². The minimum Gasteiger partial charge on any atom is -0.356 e. The zero-order chi connectivity index (χ0) is 10.1. The van der Waals surface area contributed by atoms with Crippen molar-refractivity contribution in [3.63, 3.8) is 0 Å². The van der Waals surface area contributed by atoms with Crippen LogP contribution >= 0.6 is 0 Å². The largest absolute Gasteiger partial charge is 0.356 e. The first-order chi connectivity index (χ1) is 5.99. The molecular formula is C10H17NO2. The minimum absolute atomic E-state index is 0.0642. The summed E-state index contributed by atoms with van der Waals surface area (Å²) >= 11 is 0. The van der Waals surface area contributed by atoms with E-state index in [2.05, 4.69) is 6.58 Å². The molecule has 13 heavy (non-hydrogen) atoms. The Morgan fingerprint density at radius 1 is 1.77 bits per heavy atom. The smallest absolute Gasteiger partial charge is 0.222 e. The summed E-state index contributed by atoms with van der Waals surface area (Å²) in [6, 6.07) is 0. The van der Waals surface area contributed by atoms with Gasteiger partial charge in [-0.25, -0.2) is 0 Å². The number of carbonyl (C=O) groups is 1. The van der Waals surface area contributed by atoms with Crippen molar-refractivity contribution in [2.45, 2.75) is 39.0 Å². The van der Waals surface area contributed by atoms with Crippen LogP contribution < -0.4 is 0 Å². The Labute approximate surface area is 79.4 Å². The van der Waals surface area contributed by atoms with Gasteiger partial charge < -0.3 is 9.64 Å². The fourth-order valence-electron chi connectivity index (χ4n) is 1.78. The van der Waals surface area contributed by atoms with E-state index in [1.165, 1.54) is 0 Å². The van der Waals surface area contributed by atoms with Crippen LogP contribution in [0.3, 0.4) is 0 Å². The van der Waals surface area contributed by atoms with Crippen molar-refractivity contribution in [3.8, 4) is 0 Å². The molecule has 0 radical (unpaired) electrons. The van der Waals surface area contributed by atoms with Gasteiger partial charge in [0.15, 0.2) is 0 Å². The molecule has 0 N–H and O–H groups in total. The molecule has 0 saturated carbocycles. The van der Waals surface area contributed by atoms with Crippen molar-refractivity contribution in [1.82, 2.24) is 4.90 Å². The molecule has 1 amide bonds. The number of ether oxygens (including phenoxy) is 1. The Kier molecular flexibility index (Phi) is 2.76. The summed E-state index contributed by atoms with van der Waals surface area (Å²) in [6.07, 6.45) is 2.36. The normalized spacial score (nSPS) is 26.1. The van der Waals surface area contributed by atoms with Gasteiger partial charge in [-0.15, -0.1) is 6.58 Å². The van der Waals surface area contributed by atoms with Gasteiger partial charge in [-0.1, -0.05) is 6.08 Å². The number of rotatable bonds is 2. The van der Waals surface area contributed by atoms with Gasteiger partial charge in [0.25, 0.3) is 0 Å². The molecule has 1 aliphatic heterocycles. The standard InChI is InChI=1S/C10H17NO2/c1-5-6-9-11(8(2)12)10(3,4)7-13-9/h5,9H,1,6-7H2,2-4H3. The summed E-state index contributed by atoms with van der Waals surface area (Å²) in [5.41, 5.74) is -0.181. The van der Waals surface area contributed by atoms with Crippen LogP contribution in [0.2, 0.25) is 0 Å². The van der Waals surface area contributed by atoms with E-state index in [1.807, 2.05) is 13.8 Å². The lowest BCUT2D eigenvalue weighted by Gasteiger charge is -2.31. The van der Waals surface area contributed by atoms with E-state index in [0.717, 1.165) is 0 Å². The number of carbonyl (C=O) groups excluding carboxylic acids is 1. The van der Waals surface area contributed by atoms with Crippen molar-refractivity contribution in [2.24, 2.45) is 0 Å². The molecule has 0 bridgehead atoms. The number of nitrogens with zero attached hydrogens (tertiary/aromatic N) is 1. The van der Waals surface area contributed by atoms with Gasteiger partial charge in [-0.05, 0) is 13.8 Å². The van der Waals surface area contributed by atoms with E-state index >= 15 is 0 Å². The molecule has 1 fully saturated rings. The highest BCUT2D eigenvalue weighted by molar-refractivity contribution is 5.74. The maximum Gasteiger partial charge on any atom is 0.222 e. The predicted octanol–water partition coefficient (Wildman–Crippen LogP) is 1.55. The van der Waals surface area contributed by atoms with E-state index in [9.17, 15) is 4.79 Å². The summed E-state index contributed by atoms with van der Waals surface area (Å²) in [7, 11) is 0. The second kappa shape index (κ2) is 3.50. The fraction of sp³-hybridized carbons (Fsp3) is 0.700. The lowest BCUT2D eigenvalue weighted by atomic mass is 10.1. The number of amides is 1. The van der Waals surface area contributed by atoms with Crippen LogP contribution in [0.1, 0.15) is 27.2 Å². The molecule has 1 atom stereocenters. The third-order valence-corrected chi connectivity index (χ3v) is 2.28. The molecule has 1 rings (SSSR count). The Hall–Kier alpha value is -0.830. The molecule has 3 heteroatoms. The lowest BCUT2D eigenvalue weighted by molar-refractivity contribution is -0.137. The summed E-state index contributed by atoms with van der Waals surface area (Å²) in [5.74, 6) is 0.0642. The van der Waals surface area contributed by atoms with Crippen LogP contribution in [0.4, 0.5) is 0 Å². The molecule has 1 unspecified atom stereocenters. The third-order valence-electron chi connectivity index (χ3n) is 2.28. The van der Waals surface area contributed by atoms with Gasteiger partial charge in [-0.2, -0.15) is 0 Å². The molecule has 1 aliphatic rings. The maximum atomic E-state index is 11.4. The average molecular weight is 183 g/mol. The van der Waals surface area contributed by atoms with Crippen molar-refractivity contribution < 1.29 is 9.53 Å². The quantitative estimate of drug-likeness (QED) is 0.608. The molecule has 0 aromatic heterocycles. The Morgan fingerprint density at radius 3 is 2.85 bits per heavy atom. The maximum absolute atomic E-state index is 11.4. The molecule has 1 heterocycles. The highest BCUT2D eigenvalue weighted by Gasteiger charge is 2.41. The van der Waals surface area contributed by atoms with E-state index in [1.54, 1.807) is 17.9 Å². The van der Waals surface area contributed by atoms with Gasteiger partial charge in [-0.3, -0.25) is 4.79 Å². The molecule has 0 aromatic carbocycles. The summed E-state index contributed by atoms with van der Waals surface area (Å²) < 4.78 is 5.52. The third kappa shape index (κ3) is 1.91. The number of hydrogen-bond acceptors (Lipinski definition) is 2. The lowest BCUT2D eigenvalue weighted by Crippen LogP contribution is -2.46. The molecule has 1 saturated heterocycles. The molecule has 0 aromatic rings. The first-order valence-corrected chi connectivity index (χ1v) is 4.51. The van der Waals surface area contributed by atoms with Crippen LogP contribution in [0, 0.1) is 0 Å². The van der Waals surface area contributed by atoms with Gasteiger partial charge in [0.2, 0.25) is 5.91 Å².